The van der Waals surface area contributed by atoms with Gasteiger partial charge in [0.1, 0.15) is 22.8 Å². The number of ketones is 1. The van der Waals surface area contributed by atoms with Gasteiger partial charge in [0.15, 0.2) is 23.7 Å². The van der Waals surface area contributed by atoms with Gasteiger partial charge in [-0.25, -0.2) is 0 Å². The zero-order valence-electron chi connectivity index (χ0n) is 16.7. The molecule has 1 aliphatic heterocycles. The molecule has 0 saturated carbocycles. The van der Waals surface area contributed by atoms with Crippen LogP contribution in [-0.4, -0.2) is 41.4 Å². The summed E-state index contributed by atoms with van der Waals surface area (Å²) in [4.78, 5) is 12.9. The molecule has 29 heavy (non-hydrogen) atoms. The van der Waals surface area contributed by atoms with E-state index in [2.05, 4.69) is 0 Å². The minimum absolute atomic E-state index is 0.0792. The van der Waals surface area contributed by atoms with E-state index in [1.807, 2.05) is 19.9 Å². The first kappa shape index (κ1) is 20.5. The monoisotopic (exact) mass is 400 g/mol. The van der Waals surface area contributed by atoms with Crippen LogP contribution in [0.15, 0.2) is 35.9 Å². The summed E-state index contributed by atoms with van der Waals surface area (Å²) in [6.45, 7) is 3.85. The number of aliphatic hydroxyl groups excluding tert-OH is 1. The van der Waals surface area contributed by atoms with Crippen molar-refractivity contribution in [1.29, 1.82) is 0 Å². The molecule has 0 bridgehead atoms. The number of methoxy groups -OCH3 is 2. The summed E-state index contributed by atoms with van der Waals surface area (Å²) >= 11 is 0. The van der Waals surface area contributed by atoms with Gasteiger partial charge < -0.3 is 29.5 Å². The fraction of sp³-hybridized carbons (Fsp3) is 0.318. The average Bonchev–Trinajstić information content (AvgIpc) is 2.69. The van der Waals surface area contributed by atoms with Crippen LogP contribution >= 0.6 is 0 Å². The summed E-state index contributed by atoms with van der Waals surface area (Å²) in [5, 5.41) is 31.3. The molecule has 0 saturated heterocycles. The number of phenols is 2. The first-order valence-corrected chi connectivity index (χ1v) is 9.10. The number of carbonyl (C=O) groups excluding carboxylic acids is 1. The molecule has 0 unspecified atom stereocenters. The quantitative estimate of drug-likeness (QED) is 0.661. The molecule has 0 spiro atoms. The summed E-state index contributed by atoms with van der Waals surface area (Å²) in [7, 11) is 2.88. The lowest BCUT2D eigenvalue weighted by molar-refractivity contribution is 0.0209. The van der Waals surface area contributed by atoms with Crippen LogP contribution in [0.5, 0.6) is 28.7 Å². The van der Waals surface area contributed by atoms with E-state index in [1.54, 1.807) is 6.07 Å². The van der Waals surface area contributed by atoms with Crippen LogP contribution in [0.1, 0.15) is 41.4 Å². The van der Waals surface area contributed by atoms with Crippen LogP contribution in [0.3, 0.4) is 0 Å². The van der Waals surface area contributed by atoms with Crippen molar-refractivity contribution < 1.29 is 34.3 Å². The second-order valence-electron chi connectivity index (χ2n) is 7.04. The number of allylic oxidation sites excluding steroid dienone is 2. The van der Waals surface area contributed by atoms with Gasteiger partial charge in [0.05, 0.1) is 14.2 Å². The molecule has 0 fully saturated rings. The summed E-state index contributed by atoms with van der Waals surface area (Å²) in [6, 6.07) is 6.00. The van der Waals surface area contributed by atoms with E-state index in [9.17, 15) is 20.1 Å². The van der Waals surface area contributed by atoms with Gasteiger partial charge >= 0.3 is 0 Å². The second kappa shape index (κ2) is 8.05. The standard InChI is InChI=1S/C22H24O7/c1-11(2)5-7-13-16(28-4)10-17-18(19(13)24)20(25)21(26)22(29-17)12-6-8-15(27-3)14(23)9-12/h5-6,8-10,21-24,26H,7H2,1-4H3/t21-,22-/m0/s1. The van der Waals surface area contributed by atoms with Crippen LogP contribution in [-0.2, 0) is 6.42 Å². The van der Waals surface area contributed by atoms with Gasteiger partial charge in [-0.1, -0.05) is 17.7 Å². The lowest BCUT2D eigenvalue weighted by Gasteiger charge is -2.31. The highest BCUT2D eigenvalue weighted by Crippen LogP contribution is 2.45. The first-order valence-electron chi connectivity index (χ1n) is 9.10. The Hall–Kier alpha value is -3.19. The fourth-order valence-corrected chi connectivity index (χ4v) is 3.30. The molecular formula is C22H24O7. The molecule has 3 N–H and O–H groups in total. The third kappa shape index (κ3) is 3.73. The second-order valence-corrected chi connectivity index (χ2v) is 7.04. The number of carbonyl (C=O) groups is 1. The molecule has 0 aromatic heterocycles. The Morgan fingerprint density at radius 2 is 1.83 bits per heavy atom. The highest BCUT2D eigenvalue weighted by Gasteiger charge is 2.40. The lowest BCUT2D eigenvalue weighted by atomic mass is 9.90. The van der Waals surface area contributed by atoms with Gasteiger partial charge in [-0.2, -0.15) is 0 Å². The Morgan fingerprint density at radius 3 is 2.41 bits per heavy atom. The Morgan fingerprint density at radius 1 is 1.14 bits per heavy atom. The zero-order chi connectivity index (χ0) is 21.3. The van der Waals surface area contributed by atoms with E-state index in [0.29, 0.717) is 23.3 Å². The number of aliphatic hydroxyl groups is 1. The molecule has 154 valence electrons. The van der Waals surface area contributed by atoms with Crippen molar-refractivity contribution in [2.45, 2.75) is 32.5 Å². The van der Waals surface area contributed by atoms with Crippen LogP contribution in [0.4, 0.5) is 0 Å². The van der Waals surface area contributed by atoms with Gasteiger partial charge in [-0.05, 0) is 38.0 Å². The molecule has 0 radical (unpaired) electrons. The number of hydrogen-bond donors (Lipinski definition) is 3. The minimum Gasteiger partial charge on any atom is -0.507 e. The zero-order valence-corrected chi connectivity index (χ0v) is 16.7. The molecule has 7 nitrogen and oxygen atoms in total. The van der Waals surface area contributed by atoms with E-state index in [1.165, 1.54) is 32.4 Å². The van der Waals surface area contributed by atoms with Crippen molar-refractivity contribution in [3.8, 4) is 28.7 Å². The maximum atomic E-state index is 12.9. The molecular weight excluding hydrogens is 376 g/mol. The number of Topliss-reactive ketones (excluding diaryl/α,β-unsaturated/α-hetero) is 1. The van der Waals surface area contributed by atoms with Crippen molar-refractivity contribution >= 4 is 5.78 Å². The highest BCUT2D eigenvalue weighted by atomic mass is 16.5. The number of rotatable bonds is 5. The Balaban J connectivity index is 2.07. The number of hydrogen-bond acceptors (Lipinski definition) is 7. The molecule has 0 aliphatic carbocycles. The van der Waals surface area contributed by atoms with E-state index in [4.69, 9.17) is 14.2 Å². The normalized spacial score (nSPS) is 17.9. The van der Waals surface area contributed by atoms with Crippen LogP contribution < -0.4 is 14.2 Å². The molecule has 2 aromatic rings. The molecule has 2 aromatic carbocycles. The number of aromatic hydroxyl groups is 2. The Kier molecular flexibility index (Phi) is 5.70. The van der Waals surface area contributed by atoms with Gasteiger partial charge in [0.25, 0.3) is 0 Å². The maximum Gasteiger partial charge on any atom is 0.202 e. The first-order chi connectivity index (χ1) is 13.8. The average molecular weight is 400 g/mol. The predicted octanol–water partition coefficient (Wildman–Crippen LogP) is 3.30. The van der Waals surface area contributed by atoms with Crippen LogP contribution in [0.25, 0.3) is 0 Å². The SMILES string of the molecule is COc1ccc([C@@H]2Oc3cc(OC)c(CC=C(C)C)c(O)c3C(=O)[C@@H]2O)cc1O. The van der Waals surface area contributed by atoms with Crippen LogP contribution in [0, 0.1) is 0 Å². The van der Waals surface area contributed by atoms with Crippen molar-refractivity contribution in [3.63, 3.8) is 0 Å². The number of phenolic OH excluding ortho intramolecular Hbond substituents is 2. The van der Waals surface area contributed by atoms with Crippen molar-refractivity contribution in [2.24, 2.45) is 0 Å². The summed E-state index contributed by atoms with van der Waals surface area (Å²) in [5.41, 5.74) is 1.80. The number of ether oxygens (including phenoxy) is 3. The molecule has 7 heteroatoms. The van der Waals surface area contributed by atoms with E-state index < -0.39 is 18.0 Å². The maximum absolute atomic E-state index is 12.9. The largest absolute Gasteiger partial charge is 0.507 e. The van der Waals surface area contributed by atoms with E-state index in [-0.39, 0.29) is 28.6 Å². The third-order valence-electron chi connectivity index (χ3n) is 4.85. The Labute approximate surface area is 168 Å². The van der Waals surface area contributed by atoms with E-state index in [0.717, 1.165) is 5.57 Å². The fourth-order valence-electron chi connectivity index (χ4n) is 3.30. The smallest absolute Gasteiger partial charge is 0.202 e. The van der Waals surface area contributed by atoms with Gasteiger partial charge in [-0.3, -0.25) is 4.79 Å². The van der Waals surface area contributed by atoms with Gasteiger partial charge in [0.2, 0.25) is 5.78 Å². The molecule has 2 atom stereocenters. The summed E-state index contributed by atoms with van der Waals surface area (Å²) in [5.74, 6) is -0.331. The Bertz CT molecular complexity index is 974. The number of fused-ring (bicyclic) bond motifs is 1. The van der Waals surface area contributed by atoms with Crippen molar-refractivity contribution in [3.05, 3.63) is 52.6 Å². The predicted molar refractivity (Wildman–Crippen MR) is 106 cm³/mol. The van der Waals surface area contributed by atoms with E-state index >= 15 is 0 Å². The van der Waals surface area contributed by atoms with Gasteiger partial charge in [-0.15, -0.1) is 0 Å². The number of benzene rings is 2. The summed E-state index contributed by atoms with van der Waals surface area (Å²) < 4.78 is 16.2. The topological polar surface area (TPSA) is 105 Å². The molecule has 1 heterocycles. The minimum atomic E-state index is -1.55. The van der Waals surface area contributed by atoms with Crippen molar-refractivity contribution in [1.82, 2.24) is 0 Å². The molecule has 1 aliphatic rings. The summed E-state index contributed by atoms with van der Waals surface area (Å²) in [6.07, 6.45) is -0.341. The molecule has 0 amide bonds. The highest BCUT2D eigenvalue weighted by molar-refractivity contribution is 6.06. The van der Waals surface area contributed by atoms with Gasteiger partial charge in [0, 0.05) is 11.6 Å². The molecule has 3 rings (SSSR count). The third-order valence-corrected chi connectivity index (χ3v) is 4.85. The van der Waals surface area contributed by atoms with Crippen LogP contribution in [0.2, 0.25) is 0 Å². The van der Waals surface area contributed by atoms with Crippen molar-refractivity contribution in [2.75, 3.05) is 14.2 Å². The lowest BCUT2D eigenvalue weighted by Crippen LogP contribution is -2.36.